The van der Waals surface area contributed by atoms with Crippen LogP contribution in [-0.2, 0) is 0 Å². The highest BCUT2D eigenvalue weighted by atomic mass is 127. The molecule has 0 aliphatic heterocycles. The van der Waals surface area contributed by atoms with E-state index >= 15 is 0 Å². The molecule has 2 nitrogen and oxygen atoms in total. The Morgan fingerprint density at radius 1 is 1.73 bits per heavy atom. The molecule has 11 heavy (non-hydrogen) atoms. The van der Waals surface area contributed by atoms with E-state index in [1.807, 2.05) is 13.8 Å². The molecule has 2 N–H and O–H groups in total. The molecule has 0 saturated carbocycles. The minimum atomic E-state index is -1.08. The second-order valence-electron chi connectivity index (χ2n) is 2.88. The second kappa shape index (κ2) is 4.42. The number of hydrogen-bond donors (Lipinski definition) is 2. The van der Waals surface area contributed by atoms with Gasteiger partial charge in [0.05, 0.1) is 6.10 Å². The van der Waals surface area contributed by atoms with E-state index in [-0.39, 0.29) is 0 Å². The van der Waals surface area contributed by atoms with Crippen LogP contribution in [0, 0.1) is 0 Å². The summed E-state index contributed by atoms with van der Waals surface area (Å²) in [5, 5.41) is 19.0. The van der Waals surface area contributed by atoms with Gasteiger partial charge in [0.2, 0.25) is 0 Å². The maximum atomic E-state index is 9.62. The van der Waals surface area contributed by atoms with Crippen molar-refractivity contribution >= 4 is 22.6 Å². The summed E-state index contributed by atoms with van der Waals surface area (Å²) in [6, 6.07) is 0. The number of rotatable bonds is 3. The van der Waals surface area contributed by atoms with Gasteiger partial charge >= 0.3 is 0 Å². The molecule has 0 saturated heterocycles. The van der Waals surface area contributed by atoms with Gasteiger partial charge in [-0.3, -0.25) is 0 Å². The van der Waals surface area contributed by atoms with Crippen LogP contribution in [0.25, 0.3) is 0 Å². The summed E-state index contributed by atoms with van der Waals surface area (Å²) in [7, 11) is 0. The monoisotopic (exact) mass is 270 g/mol. The number of hydrogen-bond acceptors (Lipinski definition) is 2. The fourth-order valence-corrected chi connectivity index (χ4v) is 1.54. The summed E-state index contributed by atoms with van der Waals surface area (Å²) in [5.41, 5.74) is -1.08. The Balaban J connectivity index is 4.33. The Morgan fingerprint density at radius 3 is 2.45 bits per heavy atom. The van der Waals surface area contributed by atoms with Crippen LogP contribution in [0.3, 0.4) is 0 Å². The molecule has 3 heteroatoms. The Hall–Kier alpha value is 0.390. The van der Waals surface area contributed by atoms with Crippen LogP contribution in [0.1, 0.15) is 27.2 Å². The van der Waals surface area contributed by atoms with Crippen LogP contribution in [-0.4, -0.2) is 21.9 Å². The molecule has 0 aliphatic rings. The molecule has 0 radical (unpaired) electrons. The molecule has 0 fully saturated rings. The Bertz CT molecular complexity index is 148. The highest BCUT2D eigenvalue weighted by molar-refractivity contribution is 14.1. The van der Waals surface area contributed by atoms with E-state index in [9.17, 15) is 10.2 Å². The molecule has 0 spiro atoms. The largest absolute Gasteiger partial charge is 0.390 e. The van der Waals surface area contributed by atoms with Gasteiger partial charge in [0.15, 0.2) is 0 Å². The van der Waals surface area contributed by atoms with E-state index in [0.717, 1.165) is 3.58 Å². The van der Waals surface area contributed by atoms with Crippen molar-refractivity contribution in [2.24, 2.45) is 0 Å². The standard InChI is InChI=1S/C8H15IO2/c1-4-7(10)8(3,11)5-6(2)9/h5,7,10-11H,4H2,1-3H3/b6-5+/t7-,8+/m1/s1. The molecule has 0 amide bonds. The molecule has 0 rings (SSSR count). The zero-order valence-corrected chi connectivity index (χ0v) is 9.29. The Labute approximate surface area is 81.5 Å². The summed E-state index contributed by atoms with van der Waals surface area (Å²) >= 11 is 2.11. The highest BCUT2D eigenvalue weighted by Gasteiger charge is 2.25. The van der Waals surface area contributed by atoms with Gasteiger partial charge in [-0.25, -0.2) is 0 Å². The summed E-state index contributed by atoms with van der Waals surface area (Å²) in [6.45, 7) is 5.34. The fraction of sp³-hybridized carbons (Fsp3) is 0.750. The van der Waals surface area contributed by atoms with E-state index in [1.54, 1.807) is 13.0 Å². The molecule has 0 unspecified atom stereocenters. The van der Waals surface area contributed by atoms with Crippen molar-refractivity contribution in [3.05, 3.63) is 9.66 Å². The average Bonchev–Trinajstić information content (AvgIpc) is 1.83. The molecule has 66 valence electrons. The smallest absolute Gasteiger partial charge is 0.107 e. The summed E-state index contributed by atoms with van der Waals surface area (Å²) < 4.78 is 0.986. The van der Waals surface area contributed by atoms with Crippen molar-refractivity contribution in [1.82, 2.24) is 0 Å². The highest BCUT2D eigenvalue weighted by Crippen LogP contribution is 2.18. The molecule has 0 heterocycles. The lowest BCUT2D eigenvalue weighted by Gasteiger charge is -2.24. The van der Waals surface area contributed by atoms with Crippen molar-refractivity contribution in [3.8, 4) is 0 Å². The van der Waals surface area contributed by atoms with Crippen molar-refractivity contribution in [1.29, 1.82) is 0 Å². The maximum absolute atomic E-state index is 9.62. The predicted molar refractivity (Wildman–Crippen MR) is 54.7 cm³/mol. The van der Waals surface area contributed by atoms with Gasteiger partial charge in [-0.2, -0.15) is 0 Å². The average molecular weight is 270 g/mol. The van der Waals surface area contributed by atoms with Crippen LogP contribution in [0.4, 0.5) is 0 Å². The molecule has 0 aromatic rings. The maximum Gasteiger partial charge on any atom is 0.107 e. The first kappa shape index (κ1) is 11.4. The lowest BCUT2D eigenvalue weighted by Crippen LogP contribution is -2.36. The number of allylic oxidation sites excluding steroid dienone is 1. The van der Waals surface area contributed by atoms with Gasteiger partial charge in [-0.1, -0.05) is 6.92 Å². The van der Waals surface area contributed by atoms with Crippen LogP contribution >= 0.6 is 22.6 Å². The van der Waals surface area contributed by atoms with Gasteiger partial charge < -0.3 is 10.2 Å². The Morgan fingerprint density at radius 2 is 2.18 bits per heavy atom. The third-order valence-corrected chi connectivity index (χ3v) is 1.86. The van der Waals surface area contributed by atoms with E-state index in [1.165, 1.54) is 0 Å². The van der Waals surface area contributed by atoms with Crippen LogP contribution in [0.15, 0.2) is 9.66 Å². The van der Waals surface area contributed by atoms with Crippen LogP contribution in [0.5, 0.6) is 0 Å². The van der Waals surface area contributed by atoms with E-state index in [4.69, 9.17) is 0 Å². The molecule has 0 aromatic carbocycles. The molecular weight excluding hydrogens is 255 g/mol. The zero-order valence-electron chi connectivity index (χ0n) is 7.13. The third-order valence-electron chi connectivity index (χ3n) is 1.55. The van der Waals surface area contributed by atoms with E-state index in [0.29, 0.717) is 6.42 Å². The SMILES string of the molecule is CC[C@@H](O)[C@@](C)(O)/C=C(\C)I. The minimum Gasteiger partial charge on any atom is -0.390 e. The van der Waals surface area contributed by atoms with Crippen molar-refractivity contribution in [2.75, 3.05) is 0 Å². The second-order valence-corrected chi connectivity index (χ2v) is 4.58. The minimum absolute atomic E-state index is 0.563. The normalized spacial score (nSPS) is 21.1. The summed E-state index contributed by atoms with van der Waals surface area (Å²) in [5.74, 6) is 0. The lowest BCUT2D eigenvalue weighted by atomic mass is 9.97. The van der Waals surface area contributed by atoms with Gasteiger partial charge in [-0.05, 0) is 52.5 Å². The van der Waals surface area contributed by atoms with Gasteiger partial charge in [-0.15, -0.1) is 0 Å². The summed E-state index contributed by atoms with van der Waals surface area (Å²) in [4.78, 5) is 0. The number of halogens is 1. The zero-order chi connectivity index (χ0) is 9.07. The van der Waals surface area contributed by atoms with Crippen molar-refractivity contribution in [3.63, 3.8) is 0 Å². The van der Waals surface area contributed by atoms with Crippen LogP contribution < -0.4 is 0 Å². The van der Waals surface area contributed by atoms with Crippen LogP contribution in [0.2, 0.25) is 0 Å². The summed E-state index contributed by atoms with van der Waals surface area (Å²) in [6.07, 6.45) is 1.56. The third kappa shape index (κ3) is 4.08. The number of aliphatic hydroxyl groups excluding tert-OH is 1. The van der Waals surface area contributed by atoms with Crippen molar-refractivity contribution < 1.29 is 10.2 Å². The first-order valence-corrected chi connectivity index (χ1v) is 4.73. The Kier molecular flexibility index (Phi) is 4.58. The lowest BCUT2D eigenvalue weighted by molar-refractivity contribution is -0.0275. The predicted octanol–water partition coefficient (Wildman–Crippen LogP) is 1.85. The van der Waals surface area contributed by atoms with Gasteiger partial charge in [0.1, 0.15) is 5.60 Å². The quantitative estimate of drug-likeness (QED) is 0.768. The van der Waals surface area contributed by atoms with E-state index in [2.05, 4.69) is 22.6 Å². The fourth-order valence-electron chi connectivity index (χ4n) is 0.912. The first-order valence-electron chi connectivity index (χ1n) is 3.65. The number of aliphatic hydroxyl groups is 2. The topological polar surface area (TPSA) is 40.5 Å². The molecule has 2 atom stereocenters. The van der Waals surface area contributed by atoms with Crippen molar-refractivity contribution in [2.45, 2.75) is 38.9 Å². The molecular formula is C8H15IO2. The molecule has 0 aromatic heterocycles. The molecule has 0 bridgehead atoms. The van der Waals surface area contributed by atoms with Gasteiger partial charge in [0.25, 0.3) is 0 Å². The van der Waals surface area contributed by atoms with E-state index < -0.39 is 11.7 Å². The molecule has 0 aliphatic carbocycles. The van der Waals surface area contributed by atoms with Gasteiger partial charge in [0, 0.05) is 0 Å². The first-order chi connectivity index (χ1) is 4.90.